The summed E-state index contributed by atoms with van der Waals surface area (Å²) in [6, 6.07) is 0.663. The molecule has 0 aliphatic rings. The third kappa shape index (κ3) is 4.35. The lowest BCUT2D eigenvalue weighted by molar-refractivity contribution is -0.388. The van der Waals surface area contributed by atoms with Gasteiger partial charge in [0.25, 0.3) is 0 Å². The van der Waals surface area contributed by atoms with E-state index in [-0.39, 0.29) is 16.8 Å². The van der Waals surface area contributed by atoms with Gasteiger partial charge in [0, 0.05) is 11.9 Å². The molecule has 1 atom stereocenters. The summed E-state index contributed by atoms with van der Waals surface area (Å²) in [7, 11) is 0. The van der Waals surface area contributed by atoms with Crippen molar-refractivity contribution in [3.63, 3.8) is 0 Å². The fourth-order valence-electron chi connectivity index (χ4n) is 1.27. The van der Waals surface area contributed by atoms with Crippen LogP contribution in [0.1, 0.15) is 19.0 Å². The summed E-state index contributed by atoms with van der Waals surface area (Å²) in [6.07, 6.45) is -3.72. The Balaban J connectivity index is 3.12. The van der Waals surface area contributed by atoms with E-state index in [4.69, 9.17) is 5.11 Å². The van der Waals surface area contributed by atoms with Gasteiger partial charge < -0.3 is 5.11 Å². The van der Waals surface area contributed by atoms with Crippen LogP contribution in [0.2, 0.25) is 0 Å². The zero-order valence-corrected chi connectivity index (χ0v) is 10.7. The van der Waals surface area contributed by atoms with Gasteiger partial charge in [0.2, 0.25) is 0 Å². The summed E-state index contributed by atoms with van der Waals surface area (Å²) >= 11 is 0.912. The number of rotatable bonds is 5. The van der Waals surface area contributed by atoms with Gasteiger partial charge >= 0.3 is 11.9 Å². The molecule has 0 saturated carbocycles. The highest BCUT2D eigenvalue weighted by atomic mass is 32.2. The minimum atomic E-state index is -4.65. The fraction of sp³-hybridized carbons (Fsp3) is 0.500. The molecular weight excluding hydrogens is 285 g/mol. The summed E-state index contributed by atoms with van der Waals surface area (Å²) in [6.45, 7) is 1.53. The van der Waals surface area contributed by atoms with Crippen molar-refractivity contribution in [1.29, 1.82) is 0 Å². The molecule has 0 radical (unpaired) electrons. The minimum Gasteiger partial charge on any atom is -0.396 e. The molecule has 1 unspecified atom stereocenters. The van der Waals surface area contributed by atoms with Gasteiger partial charge in [-0.15, -0.1) is 11.8 Å². The molecule has 1 rings (SSSR count). The number of aromatic nitrogens is 1. The lowest BCUT2D eigenvalue weighted by atomic mass is 10.3. The number of hydrogen-bond acceptors (Lipinski definition) is 5. The van der Waals surface area contributed by atoms with E-state index in [1.165, 1.54) is 0 Å². The Bertz CT molecular complexity index is 468. The standard InChI is InChI=1S/C10H11F3N2O3S/c1-6(2-3-16)19-8-4-9(10(11,12)13)14-5-7(8)15(17)18/h4-6,16H,2-3H2,1H3. The van der Waals surface area contributed by atoms with Crippen molar-refractivity contribution in [1.82, 2.24) is 4.98 Å². The molecule has 9 heteroatoms. The monoisotopic (exact) mass is 296 g/mol. The Kier molecular flexibility index (Phi) is 5.12. The van der Waals surface area contributed by atoms with Crippen LogP contribution in [0.25, 0.3) is 0 Å². The van der Waals surface area contributed by atoms with Crippen molar-refractivity contribution < 1.29 is 23.2 Å². The highest BCUT2D eigenvalue weighted by Gasteiger charge is 2.34. The van der Waals surface area contributed by atoms with E-state index in [2.05, 4.69) is 4.98 Å². The van der Waals surface area contributed by atoms with Gasteiger partial charge in [0.15, 0.2) is 0 Å². The molecule has 19 heavy (non-hydrogen) atoms. The fourth-order valence-corrected chi connectivity index (χ4v) is 2.36. The van der Waals surface area contributed by atoms with Gasteiger partial charge in [-0.05, 0) is 12.5 Å². The number of nitro groups is 1. The van der Waals surface area contributed by atoms with Crippen molar-refractivity contribution in [3.05, 3.63) is 28.1 Å². The van der Waals surface area contributed by atoms with Crippen LogP contribution < -0.4 is 0 Å². The Labute approximate surface area is 111 Å². The first-order valence-electron chi connectivity index (χ1n) is 5.25. The van der Waals surface area contributed by atoms with Crippen molar-refractivity contribution in [3.8, 4) is 0 Å². The second-order valence-electron chi connectivity index (χ2n) is 3.73. The van der Waals surface area contributed by atoms with E-state index < -0.39 is 22.5 Å². The van der Waals surface area contributed by atoms with E-state index in [0.717, 1.165) is 11.8 Å². The topological polar surface area (TPSA) is 76.3 Å². The first-order valence-corrected chi connectivity index (χ1v) is 6.12. The van der Waals surface area contributed by atoms with Gasteiger partial charge in [-0.3, -0.25) is 10.1 Å². The molecule has 1 aromatic heterocycles. The Morgan fingerprint density at radius 3 is 2.68 bits per heavy atom. The zero-order chi connectivity index (χ0) is 14.6. The van der Waals surface area contributed by atoms with Crippen LogP contribution in [0.4, 0.5) is 18.9 Å². The number of pyridine rings is 1. The zero-order valence-electron chi connectivity index (χ0n) is 9.85. The Morgan fingerprint density at radius 2 is 2.21 bits per heavy atom. The van der Waals surface area contributed by atoms with E-state index in [0.29, 0.717) is 18.7 Å². The molecule has 0 spiro atoms. The summed E-state index contributed by atoms with van der Waals surface area (Å²) in [5.41, 5.74) is -1.64. The molecule has 0 aromatic carbocycles. The van der Waals surface area contributed by atoms with E-state index >= 15 is 0 Å². The number of aliphatic hydroxyl groups excluding tert-OH is 1. The van der Waals surface area contributed by atoms with Gasteiger partial charge in [-0.2, -0.15) is 13.2 Å². The van der Waals surface area contributed by atoms with Crippen LogP contribution >= 0.6 is 11.8 Å². The van der Waals surface area contributed by atoms with Crippen LogP contribution in [0.5, 0.6) is 0 Å². The molecular formula is C10H11F3N2O3S. The van der Waals surface area contributed by atoms with Crippen molar-refractivity contribution in [2.75, 3.05) is 6.61 Å². The SMILES string of the molecule is CC(CCO)Sc1cc(C(F)(F)F)ncc1[N+](=O)[O-]. The number of halogens is 3. The quantitative estimate of drug-likeness (QED) is 0.513. The van der Waals surface area contributed by atoms with E-state index in [1.807, 2.05) is 0 Å². The summed E-state index contributed by atoms with van der Waals surface area (Å²) in [5, 5.41) is 19.2. The molecule has 106 valence electrons. The maximum Gasteiger partial charge on any atom is 0.433 e. The average Bonchev–Trinajstić information content (AvgIpc) is 2.27. The predicted molar refractivity (Wildman–Crippen MR) is 62.9 cm³/mol. The highest BCUT2D eigenvalue weighted by molar-refractivity contribution is 8.00. The van der Waals surface area contributed by atoms with Crippen LogP contribution in [-0.2, 0) is 6.18 Å². The molecule has 5 nitrogen and oxygen atoms in total. The second-order valence-corrected chi connectivity index (χ2v) is 5.21. The van der Waals surface area contributed by atoms with Crippen molar-refractivity contribution in [2.24, 2.45) is 0 Å². The van der Waals surface area contributed by atoms with E-state index in [9.17, 15) is 23.3 Å². The molecule has 0 amide bonds. The highest BCUT2D eigenvalue weighted by Crippen LogP contribution is 2.37. The van der Waals surface area contributed by atoms with Gasteiger partial charge in [0.1, 0.15) is 11.9 Å². The molecule has 0 aliphatic carbocycles. The largest absolute Gasteiger partial charge is 0.433 e. The normalized spacial score (nSPS) is 13.3. The third-order valence-electron chi connectivity index (χ3n) is 2.20. The lowest BCUT2D eigenvalue weighted by Gasteiger charge is -2.11. The number of hydrogen-bond donors (Lipinski definition) is 1. The first kappa shape index (κ1) is 15.7. The van der Waals surface area contributed by atoms with E-state index in [1.54, 1.807) is 6.92 Å². The third-order valence-corrected chi connectivity index (χ3v) is 3.42. The maximum atomic E-state index is 12.5. The average molecular weight is 296 g/mol. The molecule has 1 heterocycles. The van der Waals surface area contributed by atoms with Crippen molar-refractivity contribution >= 4 is 17.4 Å². The summed E-state index contributed by atoms with van der Waals surface area (Å²) < 4.78 is 37.5. The Morgan fingerprint density at radius 1 is 1.58 bits per heavy atom. The first-order chi connectivity index (χ1) is 8.75. The van der Waals surface area contributed by atoms with Crippen LogP contribution in [0.3, 0.4) is 0 Å². The molecule has 0 saturated heterocycles. The van der Waals surface area contributed by atoms with Crippen molar-refractivity contribution in [2.45, 2.75) is 29.7 Å². The second kappa shape index (κ2) is 6.20. The summed E-state index contributed by atoms with van der Waals surface area (Å²) in [5.74, 6) is 0. The lowest BCUT2D eigenvalue weighted by Crippen LogP contribution is -2.09. The summed E-state index contributed by atoms with van der Waals surface area (Å²) in [4.78, 5) is 12.9. The number of aliphatic hydroxyl groups is 1. The number of nitrogens with zero attached hydrogens (tertiary/aromatic N) is 2. The number of alkyl halides is 3. The van der Waals surface area contributed by atoms with Gasteiger partial charge in [-0.25, -0.2) is 4.98 Å². The van der Waals surface area contributed by atoms with Gasteiger partial charge in [-0.1, -0.05) is 6.92 Å². The van der Waals surface area contributed by atoms with Gasteiger partial charge in [0.05, 0.1) is 9.82 Å². The van der Waals surface area contributed by atoms with Crippen LogP contribution in [-0.4, -0.2) is 26.9 Å². The Hall–Kier alpha value is -1.35. The molecule has 0 bridgehead atoms. The molecule has 1 aromatic rings. The van der Waals surface area contributed by atoms with Crippen LogP contribution in [0.15, 0.2) is 17.2 Å². The number of thioether (sulfide) groups is 1. The maximum absolute atomic E-state index is 12.5. The smallest absolute Gasteiger partial charge is 0.396 e. The molecule has 0 fully saturated rings. The van der Waals surface area contributed by atoms with Crippen LogP contribution in [0, 0.1) is 10.1 Å². The predicted octanol–water partition coefficient (Wildman–Crippen LogP) is 2.87. The minimum absolute atomic E-state index is 0.103. The molecule has 1 N–H and O–H groups in total. The molecule has 0 aliphatic heterocycles.